The van der Waals surface area contributed by atoms with Crippen LogP contribution in [-0.2, 0) is 11.3 Å². The largest absolute Gasteiger partial charge is 0.381 e. The topological polar surface area (TPSA) is 34.1 Å². The molecule has 2 rings (SSSR count). The van der Waals surface area contributed by atoms with E-state index in [2.05, 4.69) is 26.2 Å². The number of nitrogens with one attached hydrogen (secondary N) is 1. The Balaban J connectivity index is 1.73. The summed E-state index contributed by atoms with van der Waals surface area (Å²) in [4.78, 5) is 4.36. The molecule has 4 heteroatoms. The molecule has 1 unspecified atom stereocenters. The van der Waals surface area contributed by atoms with Crippen LogP contribution in [0.5, 0.6) is 0 Å². The molecular formula is C11H15BrN2O. The van der Waals surface area contributed by atoms with E-state index in [1.54, 1.807) is 0 Å². The van der Waals surface area contributed by atoms with Crippen LogP contribution in [0.2, 0.25) is 0 Å². The van der Waals surface area contributed by atoms with Crippen molar-refractivity contribution >= 4 is 15.9 Å². The molecule has 1 atom stereocenters. The molecule has 0 saturated carbocycles. The molecule has 1 N–H and O–H groups in total. The third-order valence-corrected chi connectivity index (χ3v) is 2.98. The van der Waals surface area contributed by atoms with Crippen molar-refractivity contribution in [3.05, 3.63) is 28.5 Å². The smallest absolute Gasteiger partial charge is 0.106 e. The molecule has 82 valence electrons. The lowest BCUT2D eigenvalue weighted by Crippen LogP contribution is -2.23. The maximum atomic E-state index is 5.32. The van der Waals surface area contributed by atoms with Gasteiger partial charge in [-0.3, -0.25) is 0 Å². The van der Waals surface area contributed by atoms with Gasteiger partial charge in [-0.25, -0.2) is 4.98 Å². The Morgan fingerprint density at radius 3 is 3.20 bits per heavy atom. The first-order valence-corrected chi connectivity index (χ1v) is 6.04. The highest BCUT2D eigenvalue weighted by Crippen LogP contribution is 2.11. The number of ether oxygens (including phenoxy) is 1. The monoisotopic (exact) mass is 270 g/mol. The number of halogens is 1. The summed E-state index contributed by atoms with van der Waals surface area (Å²) in [6, 6.07) is 5.98. The van der Waals surface area contributed by atoms with Crippen molar-refractivity contribution in [2.45, 2.75) is 13.0 Å². The number of aromatic nitrogens is 1. The Hall–Kier alpha value is -0.450. The van der Waals surface area contributed by atoms with Crippen LogP contribution >= 0.6 is 15.9 Å². The average molecular weight is 271 g/mol. The van der Waals surface area contributed by atoms with E-state index in [0.717, 1.165) is 36.6 Å². The van der Waals surface area contributed by atoms with E-state index >= 15 is 0 Å². The highest BCUT2D eigenvalue weighted by atomic mass is 79.9. The lowest BCUT2D eigenvalue weighted by Gasteiger charge is -2.08. The minimum Gasteiger partial charge on any atom is -0.381 e. The molecule has 1 saturated heterocycles. The van der Waals surface area contributed by atoms with Gasteiger partial charge in [-0.2, -0.15) is 0 Å². The molecule has 0 radical (unpaired) electrons. The predicted molar refractivity (Wildman–Crippen MR) is 62.6 cm³/mol. The summed E-state index contributed by atoms with van der Waals surface area (Å²) in [6.07, 6.45) is 1.18. The van der Waals surface area contributed by atoms with Gasteiger partial charge in [0.05, 0.1) is 12.3 Å². The number of pyridine rings is 1. The van der Waals surface area contributed by atoms with Gasteiger partial charge in [-0.1, -0.05) is 6.07 Å². The van der Waals surface area contributed by atoms with Crippen molar-refractivity contribution in [2.75, 3.05) is 19.8 Å². The average Bonchev–Trinajstić information content (AvgIpc) is 2.71. The second-order valence-corrected chi connectivity index (χ2v) is 4.62. The molecular weight excluding hydrogens is 256 g/mol. The van der Waals surface area contributed by atoms with Crippen LogP contribution in [0.15, 0.2) is 22.8 Å². The van der Waals surface area contributed by atoms with E-state index in [1.807, 2.05) is 18.2 Å². The summed E-state index contributed by atoms with van der Waals surface area (Å²) in [7, 11) is 0. The maximum Gasteiger partial charge on any atom is 0.106 e. The van der Waals surface area contributed by atoms with Crippen molar-refractivity contribution in [1.82, 2.24) is 10.3 Å². The SMILES string of the molecule is Brc1cccc(CNCC2CCOC2)n1. The van der Waals surface area contributed by atoms with Crippen LogP contribution in [0.1, 0.15) is 12.1 Å². The first-order valence-electron chi connectivity index (χ1n) is 5.24. The Morgan fingerprint density at radius 1 is 1.53 bits per heavy atom. The van der Waals surface area contributed by atoms with Crippen LogP contribution in [0, 0.1) is 5.92 Å². The zero-order valence-electron chi connectivity index (χ0n) is 8.58. The van der Waals surface area contributed by atoms with E-state index in [-0.39, 0.29) is 0 Å². The summed E-state index contributed by atoms with van der Waals surface area (Å²) >= 11 is 3.36. The lowest BCUT2D eigenvalue weighted by molar-refractivity contribution is 0.185. The molecule has 3 nitrogen and oxygen atoms in total. The number of hydrogen-bond donors (Lipinski definition) is 1. The normalized spacial score (nSPS) is 20.7. The van der Waals surface area contributed by atoms with Crippen LogP contribution in [0.25, 0.3) is 0 Å². The number of hydrogen-bond acceptors (Lipinski definition) is 3. The third-order valence-electron chi connectivity index (χ3n) is 2.54. The first kappa shape index (κ1) is 11.0. The van der Waals surface area contributed by atoms with Crippen molar-refractivity contribution in [2.24, 2.45) is 5.92 Å². The first-order chi connectivity index (χ1) is 7.34. The second-order valence-electron chi connectivity index (χ2n) is 3.81. The Labute approximate surface area is 98.4 Å². The summed E-state index contributed by atoms with van der Waals surface area (Å²) in [5, 5.41) is 3.41. The van der Waals surface area contributed by atoms with E-state index < -0.39 is 0 Å². The summed E-state index contributed by atoms with van der Waals surface area (Å²) in [5.74, 6) is 0.678. The maximum absolute atomic E-state index is 5.32. The minimum atomic E-state index is 0.678. The molecule has 0 aromatic carbocycles. The van der Waals surface area contributed by atoms with Crippen molar-refractivity contribution in [3.63, 3.8) is 0 Å². The fourth-order valence-corrected chi connectivity index (χ4v) is 2.08. The van der Waals surface area contributed by atoms with Crippen LogP contribution < -0.4 is 5.32 Å². The van der Waals surface area contributed by atoms with E-state index in [0.29, 0.717) is 5.92 Å². The molecule has 1 aromatic heterocycles. The van der Waals surface area contributed by atoms with Crippen molar-refractivity contribution < 1.29 is 4.74 Å². The molecule has 0 spiro atoms. The van der Waals surface area contributed by atoms with Gasteiger partial charge in [0, 0.05) is 19.7 Å². The highest BCUT2D eigenvalue weighted by Gasteiger charge is 2.14. The van der Waals surface area contributed by atoms with Gasteiger partial charge in [0.1, 0.15) is 4.60 Å². The van der Waals surface area contributed by atoms with Crippen LogP contribution in [0.4, 0.5) is 0 Å². The van der Waals surface area contributed by atoms with E-state index in [9.17, 15) is 0 Å². The minimum absolute atomic E-state index is 0.678. The summed E-state index contributed by atoms with van der Waals surface area (Å²) in [5.41, 5.74) is 1.07. The number of rotatable bonds is 4. The quantitative estimate of drug-likeness (QED) is 0.850. The Kier molecular flexibility index (Phi) is 4.11. The molecule has 15 heavy (non-hydrogen) atoms. The molecule has 1 aliphatic heterocycles. The molecule has 0 aliphatic carbocycles. The summed E-state index contributed by atoms with van der Waals surface area (Å²) in [6.45, 7) is 3.67. The number of nitrogens with zero attached hydrogens (tertiary/aromatic N) is 1. The zero-order valence-corrected chi connectivity index (χ0v) is 10.2. The fraction of sp³-hybridized carbons (Fsp3) is 0.545. The standard InChI is InChI=1S/C11H15BrN2O/c12-11-3-1-2-10(14-11)7-13-6-9-4-5-15-8-9/h1-3,9,13H,4-8H2. The lowest BCUT2D eigenvalue weighted by atomic mass is 10.1. The summed E-state index contributed by atoms with van der Waals surface area (Å²) < 4.78 is 6.21. The van der Waals surface area contributed by atoms with Crippen molar-refractivity contribution in [3.8, 4) is 0 Å². The van der Waals surface area contributed by atoms with Gasteiger partial charge >= 0.3 is 0 Å². The van der Waals surface area contributed by atoms with E-state index in [1.165, 1.54) is 6.42 Å². The van der Waals surface area contributed by atoms with Crippen LogP contribution in [0.3, 0.4) is 0 Å². The molecule has 0 amide bonds. The van der Waals surface area contributed by atoms with Gasteiger partial charge in [-0.05, 0) is 40.4 Å². The van der Waals surface area contributed by atoms with Gasteiger partial charge in [-0.15, -0.1) is 0 Å². The Bertz CT molecular complexity index is 313. The van der Waals surface area contributed by atoms with Crippen molar-refractivity contribution in [1.29, 1.82) is 0 Å². The predicted octanol–water partition coefficient (Wildman–Crippen LogP) is 1.97. The molecule has 1 aliphatic rings. The third kappa shape index (κ3) is 3.55. The zero-order chi connectivity index (χ0) is 10.5. The van der Waals surface area contributed by atoms with Crippen LogP contribution in [-0.4, -0.2) is 24.7 Å². The molecule has 0 bridgehead atoms. The van der Waals surface area contributed by atoms with Gasteiger partial charge in [0.15, 0.2) is 0 Å². The van der Waals surface area contributed by atoms with Gasteiger partial charge in [0.2, 0.25) is 0 Å². The van der Waals surface area contributed by atoms with Gasteiger partial charge < -0.3 is 10.1 Å². The molecule has 1 aromatic rings. The van der Waals surface area contributed by atoms with Gasteiger partial charge in [0.25, 0.3) is 0 Å². The molecule has 2 heterocycles. The second kappa shape index (κ2) is 5.58. The van der Waals surface area contributed by atoms with E-state index in [4.69, 9.17) is 4.74 Å². The molecule has 1 fully saturated rings. The fourth-order valence-electron chi connectivity index (χ4n) is 1.70. The Morgan fingerprint density at radius 2 is 2.47 bits per heavy atom. The highest BCUT2D eigenvalue weighted by molar-refractivity contribution is 9.10.